The first-order chi connectivity index (χ1) is 8.48. The Morgan fingerprint density at radius 1 is 1.11 bits per heavy atom. The summed E-state index contributed by atoms with van der Waals surface area (Å²) in [4.78, 5) is 0. The van der Waals surface area contributed by atoms with E-state index in [1.54, 1.807) is 0 Å². The Kier molecular flexibility index (Phi) is 6.13. The van der Waals surface area contributed by atoms with Crippen molar-refractivity contribution in [3.8, 4) is 0 Å². The Morgan fingerprint density at radius 3 is 2.17 bits per heavy atom. The van der Waals surface area contributed by atoms with Crippen molar-refractivity contribution in [2.75, 3.05) is 26.8 Å². The van der Waals surface area contributed by atoms with E-state index in [-0.39, 0.29) is 10.8 Å². The van der Waals surface area contributed by atoms with E-state index in [1.165, 1.54) is 32.1 Å². The minimum absolute atomic E-state index is 0.276. The van der Waals surface area contributed by atoms with Crippen molar-refractivity contribution >= 4 is 0 Å². The first kappa shape index (κ1) is 16.0. The zero-order valence-electron chi connectivity index (χ0n) is 13.1. The van der Waals surface area contributed by atoms with Gasteiger partial charge in [-0.3, -0.25) is 0 Å². The standard InChI is InChI=1S/C16H33NO/c1-6-17-12-16(13-18-5,15(2,3)4)14-10-8-7-9-11-14/h14,17H,6-13H2,1-5H3. The molecular formula is C16H33NO. The summed E-state index contributed by atoms with van der Waals surface area (Å²) in [5.74, 6) is 0.810. The molecule has 1 aliphatic rings. The Morgan fingerprint density at radius 2 is 1.72 bits per heavy atom. The van der Waals surface area contributed by atoms with Crippen molar-refractivity contribution in [3.63, 3.8) is 0 Å². The largest absolute Gasteiger partial charge is 0.384 e. The van der Waals surface area contributed by atoms with Crippen molar-refractivity contribution in [3.05, 3.63) is 0 Å². The number of rotatable bonds is 6. The molecule has 1 fully saturated rings. The maximum absolute atomic E-state index is 5.64. The van der Waals surface area contributed by atoms with Crippen molar-refractivity contribution in [1.82, 2.24) is 5.32 Å². The molecule has 0 aromatic carbocycles. The molecular weight excluding hydrogens is 222 g/mol. The monoisotopic (exact) mass is 255 g/mol. The van der Waals surface area contributed by atoms with Gasteiger partial charge in [-0.05, 0) is 30.7 Å². The van der Waals surface area contributed by atoms with Gasteiger partial charge in [0.2, 0.25) is 0 Å². The fourth-order valence-electron chi connectivity index (χ4n) is 3.67. The average molecular weight is 255 g/mol. The third-order valence-electron chi connectivity index (χ3n) is 4.97. The summed E-state index contributed by atoms with van der Waals surface area (Å²) in [7, 11) is 1.86. The van der Waals surface area contributed by atoms with Crippen LogP contribution >= 0.6 is 0 Å². The Hall–Kier alpha value is -0.0800. The average Bonchev–Trinajstić information content (AvgIpc) is 2.34. The molecule has 1 unspecified atom stereocenters. The van der Waals surface area contributed by atoms with Crippen LogP contribution < -0.4 is 5.32 Å². The topological polar surface area (TPSA) is 21.3 Å². The third kappa shape index (κ3) is 3.48. The SMILES string of the molecule is CCNCC(COC)(C1CCCCC1)C(C)(C)C. The van der Waals surface area contributed by atoms with Crippen LogP contribution in [0.3, 0.4) is 0 Å². The van der Waals surface area contributed by atoms with Crippen LogP contribution in [0.1, 0.15) is 59.8 Å². The second-order valence-corrected chi connectivity index (χ2v) is 6.95. The van der Waals surface area contributed by atoms with Crippen LogP contribution in [0.15, 0.2) is 0 Å². The highest BCUT2D eigenvalue weighted by Gasteiger charge is 2.47. The van der Waals surface area contributed by atoms with Crippen LogP contribution in [0.25, 0.3) is 0 Å². The quantitative estimate of drug-likeness (QED) is 0.778. The number of hydrogen-bond acceptors (Lipinski definition) is 2. The van der Waals surface area contributed by atoms with Gasteiger partial charge in [-0.25, -0.2) is 0 Å². The summed E-state index contributed by atoms with van der Waals surface area (Å²) in [6, 6.07) is 0. The molecule has 0 amide bonds. The van der Waals surface area contributed by atoms with E-state index in [1.807, 2.05) is 7.11 Å². The first-order valence-electron chi connectivity index (χ1n) is 7.67. The van der Waals surface area contributed by atoms with Crippen LogP contribution in [0.5, 0.6) is 0 Å². The molecule has 0 heterocycles. The van der Waals surface area contributed by atoms with Gasteiger partial charge in [-0.2, -0.15) is 0 Å². The van der Waals surface area contributed by atoms with E-state index >= 15 is 0 Å². The number of nitrogens with one attached hydrogen (secondary N) is 1. The molecule has 0 radical (unpaired) electrons. The molecule has 1 aliphatic carbocycles. The first-order valence-corrected chi connectivity index (χ1v) is 7.67. The van der Waals surface area contributed by atoms with Gasteiger partial charge in [0.1, 0.15) is 0 Å². The minimum atomic E-state index is 0.276. The lowest BCUT2D eigenvalue weighted by molar-refractivity contribution is -0.0638. The Balaban J connectivity index is 2.93. The van der Waals surface area contributed by atoms with E-state index in [0.29, 0.717) is 0 Å². The summed E-state index contributed by atoms with van der Waals surface area (Å²) < 4.78 is 5.64. The van der Waals surface area contributed by atoms with Crippen LogP contribution in [0, 0.1) is 16.7 Å². The van der Waals surface area contributed by atoms with Crippen molar-refractivity contribution in [1.29, 1.82) is 0 Å². The predicted octanol–water partition coefficient (Wildman–Crippen LogP) is 3.86. The lowest BCUT2D eigenvalue weighted by Crippen LogP contribution is -2.53. The molecule has 0 spiro atoms. The summed E-state index contributed by atoms with van der Waals surface area (Å²) in [5, 5.41) is 3.60. The summed E-state index contributed by atoms with van der Waals surface area (Å²) >= 11 is 0. The van der Waals surface area contributed by atoms with Gasteiger partial charge in [0.05, 0.1) is 6.61 Å². The molecule has 18 heavy (non-hydrogen) atoms. The van der Waals surface area contributed by atoms with Gasteiger partial charge in [0.25, 0.3) is 0 Å². The summed E-state index contributed by atoms with van der Waals surface area (Å²) in [6.45, 7) is 12.4. The molecule has 1 rings (SSSR count). The predicted molar refractivity (Wildman–Crippen MR) is 78.9 cm³/mol. The van der Waals surface area contributed by atoms with E-state index in [0.717, 1.165) is 25.6 Å². The van der Waals surface area contributed by atoms with Crippen LogP contribution in [0.2, 0.25) is 0 Å². The highest BCUT2D eigenvalue weighted by Crippen LogP contribution is 2.49. The van der Waals surface area contributed by atoms with Gasteiger partial charge in [0.15, 0.2) is 0 Å². The minimum Gasteiger partial charge on any atom is -0.384 e. The van der Waals surface area contributed by atoms with E-state index in [9.17, 15) is 0 Å². The van der Waals surface area contributed by atoms with Gasteiger partial charge in [0, 0.05) is 19.1 Å². The molecule has 0 aliphatic heterocycles. The zero-order valence-corrected chi connectivity index (χ0v) is 13.1. The molecule has 1 saturated carbocycles. The second kappa shape index (κ2) is 6.91. The van der Waals surface area contributed by atoms with Gasteiger partial charge < -0.3 is 10.1 Å². The molecule has 0 aromatic rings. The molecule has 1 atom stereocenters. The number of ether oxygens (including phenoxy) is 1. The zero-order chi connectivity index (χ0) is 13.6. The fourth-order valence-corrected chi connectivity index (χ4v) is 3.67. The summed E-state index contributed by atoms with van der Waals surface area (Å²) in [6.07, 6.45) is 6.99. The van der Waals surface area contributed by atoms with Crippen LogP contribution in [-0.4, -0.2) is 26.8 Å². The van der Waals surface area contributed by atoms with Crippen molar-refractivity contribution < 1.29 is 4.74 Å². The van der Waals surface area contributed by atoms with Gasteiger partial charge >= 0.3 is 0 Å². The summed E-state index contributed by atoms with van der Waals surface area (Å²) in [5.41, 5.74) is 0.561. The molecule has 108 valence electrons. The van der Waals surface area contributed by atoms with Gasteiger partial charge in [-0.15, -0.1) is 0 Å². The third-order valence-corrected chi connectivity index (χ3v) is 4.97. The lowest BCUT2D eigenvalue weighted by Gasteiger charge is -2.51. The maximum atomic E-state index is 5.64. The maximum Gasteiger partial charge on any atom is 0.0538 e. The molecule has 0 saturated heterocycles. The highest BCUT2D eigenvalue weighted by atomic mass is 16.5. The van der Waals surface area contributed by atoms with Crippen molar-refractivity contribution in [2.45, 2.75) is 59.8 Å². The van der Waals surface area contributed by atoms with Crippen LogP contribution in [0.4, 0.5) is 0 Å². The normalized spacial score (nSPS) is 21.8. The number of hydrogen-bond donors (Lipinski definition) is 1. The second-order valence-electron chi connectivity index (χ2n) is 6.95. The van der Waals surface area contributed by atoms with Gasteiger partial charge in [-0.1, -0.05) is 47.0 Å². The molecule has 2 nitrogen and oxygen atoms in total. The smallest absolute Gasteiger partial charge is 0.0538 e. The van der Waals surface area contributed by atoms with E-state index in [2.05, 4.69) is 33.0 Å². The lowest BCUT2D eigenvalue weighted by atomic mass is 9.56. The Bertz CT molecular complexity index is 228. The fraction of sp³-hybridized carbons (Fsp3) is 1.00. The molecule has 0 aromatic heterocycles. The van der Waals surface area contributed by atoms with Crippen molar-refractivity contribution in [2.24, 2.45) is 16.7 Å². The highest BCUT2D eigenvalue weighted by molar-refractivity contribution is 4.98. The Labute approximate surface area is 114 Å². The molecule has 0 bridgehead atoms. The number of methoxy groups -OCH3 is 1. The van der Waals surface area contributed by atoms with Crippen LogP contribution in [-0.2, 0) is 4.74 Å². The van der Waals surface area contributed by atoms with E-state index in [4.69, 9.17) is 4.74 Å². The molecule has 1 N–H and O–H groups in total. The molecule has 2 heteroatoms. The van der Waals surface area contributed by atoms with E-state index < -0.39 is 0 Å².